The second kappa shape index (κ2) is 11.4. The van der Waals surface area contributed by atoms with E-state index in [1.54, 1.807) is 18.2 Å². The summed E-state index contributed by atoms with van der Waals surface area (Å²) in [5, 5.41) is 0. The molecule has 32 heavy (non-hydrogen) atoms. The standard InChI is InChI=1S/C26H28O6/c1-2-3-4-5-6-11-23(28)18-12-15-24(32-26(30)31-20-13-14-20)22(16-18)25(29)21-10-8-7-9-19(21)17-27/h7-10,12,15-17,20H,2-6,11,13-14H2,1H3. The summed E-state index contributed by atoms with van der Waals surface area (Å²) in [5.74, 6) is -0.577. The van der Waals surface area contributed by atoms with Gasteiger partial charge in [-0.1, -0.05) is 56.9 Å². The van der Waals surface area contributed by atoms with Gasteiger partial charge in [0.15, 0.2) is 17.9 Å². The van der Waals surface area contributed by atoms with Crippen LogP contribution in [0.15, 0.2) is 42.5 Å². The average Bonchev–Trinajstić information content (AvgIpc) is 3.62. The Morgan fingerprint density at radius 2 is 1.72 bits per heavy atom. The molecular formula is C26H28O6. The molecule has 0 amide bonds. The highest BCUT2D eigenvalue weighted by Crippen LogP contribution is 2.28. The maximum absolute atomic E-state index is 13.3. The second-order valence-electron chi connectivity index (χ2n) is 8.00. The van der Waals surface area contributed by atoms with Gasteiger partial charge in [0.25, 0.3) is 0 Å². The first-order chi connectivity index (χ1) is 15.5. The van der Waals surface area contributed by atoms with Gasteiger partial charge in [0.05, 0.1) is 5.56 Å². The van der Waals surface area contributed by atoms with Crippen molar-refractivity contribution in [3.63, 3.8) is 0 Å². The fourth-order valence-corrected chi connectivity index (χ4v) is 3.39. The maximum Gasteiger partial charge on any atom is 0.514 e. The van der Waals surface area contributed by atoms with Crippen molar-refractivity contribution < 1.29 is 28.7 Å². The zero-order valence-corrected chi connectivity index (χ0v) is 18.3. The summed E-state index contributed by atoms with van der Waals surface area (Å²) in [6.07, 6.45) is 6.65. The second-order valence-corrected chi connectivity index (χ2v) is 8.00. The molecule has 1 saturated carbocycles. The van der Waals surface area contributed by atoms with Crippen LogP contribution < -0.4 is 4.74 Å². The van der Waals surface area contributed by atoms with Crippen molar-refractivity contribution in [2.45, 2.75) is 64.4 Å². The Morgan fingerprint density at radius 1 is 0.969 bits per heavy atom. The predicted molar refractivity (Wildman–Crippen MR) is 120 cm³/mol. The van der Waals surface area contributed by atoms with Crippen molar-refractivity contribution in [1.82, 2.24) is 0 Å². The fourth-order valence-electron chi connectivity index (χ4n) is 3.39. The molecule has 6 heteroatoms. The van der Waals surface area contributed by atoms with Gasteiger partial charge in [0.1, 0.15) is 11.9 Å². The number of benzene rings is 2. The summed E-state index contributed by atoms with van der Waals surface area (Å²) in [6, 6.07) is 10.8. The Bertz CT molecular complexity index is 990. The third-order valence-corrected chi connectivity index (χ3v) is 5.37. The number of hydrogen-bond acceptors (Lipinski definition) is 6. The van der Waals surface area contributed by atoms with Gasteiger partial charge in [0, 0.05) is 23.1 Å². The van der Waals surface area contributed by atoms with E-state index in [0.717, 1.165) is 44.9 Å². The minimum Gasteiger partial charge on any atom is -0.431 e. The van der Waals surface area contributed by atoms with E-state index in [1.165, 1.54) is 24.3 Å². The molecule has 168 valence electrons. The summed E-state index contributed by atoms with van der Waals surface area (Å²) in [4.78, 5) is 49.4. The number of hydrogen-bond donors (Lipinski definition) is 0. The van der Waals surface area contributed by atoms with Crippen molar-refractivity contribution in [2.75, 3.05) is 0 Å². The van der Waals surface area contributed by atoms with Crippen LogP contribution >= 0.6 is 0 Å². The smallest absolute Gasteiger partial charge is 0.431 e. The minimum atomic E-state index is -0.889. The number of rotatable bonds is 12. The zero-order chi connectivity index (χ0) is 22.9. The van der Waals surface area contributed by atoms with Gasteiger partial charge in [-0.3, -0.25) is 14.4 Å². The van der Waals surface area contributed by atoms with Gasteiger partial charge >= 0.3 is 6.16 Å². The van der Waals surface area contributed by atoms with Crippen LogP contribution in [0.2, 0.25) is 0 Å². The highest BCUT2D eigenvalue weighted by atomic mass is 16.7. The van der Waals surface area contributed by atoms with Crippen LogP contribution in [0.5, 0.6) is 5.75 Å². The molecule has 0 saturated heterocycles. The molecule has 0 aromatic heterocycles. The molecule has 0 heterocycles. The van der Waals surface area contributed by atoms with E-state index in [-0.39, 0.29) is 34.3 Å². The van der Waals surface area contributed by atoms with Crippen LogP contribution in [0.1, 0.15) is 94.9 Å². The van der Waals surface area contributed by atoms with Gasteiger partial charge in [0.2, 0.25) is 0 Å². The first-order valence-corrected chi connectivity index (χ1v) is 11.2. The summed E-state index contributed by atoms with van der Waals surface area (Å²) in [5.41, 5.74) is 0.808. The molecular weight excluding hydrogens is 408 g/mol. The largest absolute Gasteiger partial charge is 0.514 e. The van der Waals surface area contributed by atoms with E-state index in [4.69, 9.17) is 9.47 Å². The third kappa shape index (κ3) is 6.36. The summed E-state index contributed by atoms with van der Waals surface area (Å²) >= 11 is 0. The summed E-state index contributed by atoms with van der Waals surface area (Å²) in [7, 11) is 0. The molecule has 1 aliphatic rings. The lowest BCUT2D eigenvalue weighted by Gasteiger charge is -2.12. The predicted octanol–water partition coefficient (Wildman–Crippen LogP) is 5.95. The molecule has 2 aromatic rings. The Balaban J connectivity index is 1.84. The van der Waals surface area contributed by atoms with Gasteiger partial charge < -0.3 is 9.47 Å². The van der Waals surface area contributed by atoms with Gasteiger partial charge in [-0.05, 0) is 37.5 Å². The molecule has 0 radical (unpaired) electrons. The van der Waals surface area contributed by atoms with Crippen molar-refractivity contribution in [3.8, 4) is 5.75 Å². The lowest BCUT2D eigenvalue weighted by molar-refractivity contribution is 0.0913. The fraction of sp³-hybridized carbons (Fsp3) is 0.385. The topological polar surface area (TPSA) is 86.7 Å². The van der Waals surface area contributed by atoms with E-state index < -0.39 is 11.9 Å². The Hall–Kier alpha value is -3.28. The molecule has 1 aliphatic carbocycles. The van der Waals surface area contributed by atoms with Crippen LogP contribution in [0.25, 0.3) is 0 Å². The average molecular weight is 437 g/mol. The van der Waals surface area contributed by atoms with E-state index in [1.807, 2.05) is 0 Å². The molecule has 6 nitrogen and oxygen atoms in total. The highest BCUT2D eigenvalue weighted by Gasteiger charge is 2.28. The number of carbonyl (C=O) groups is 4. The molecule has 0 bridgehead atoms. The monoisotopic (exact) mass is 436 g/mol. The number of aldehydes is 1. The van der Waals surface area contributed by atoms with Gasteiger partial charge in [-0.2, -0.15) is 0 Å². The first-order valence-electron chi connectivity index (χ1n) is 11.2. The highest BCUT2D eigenvalue weighted by molar-refractivity contribution is 6.15. The third-order valence-electron chi connectivity index (χ3n) is 5.37. The number of Topliss-reactive ketones (excluding diaryl/α,β-unsaturated/α-hetero) is 1. The van der Waals surface area contributed by atoms with Crippen molar-refractivity contribution in [3.05, 3.63) is 64.7 Å². The minimum absolute atomic E-state index is 0.000785. The van der Waals surface area contributed by atoms with E-state index in [2.05, 4.69) is 6.92 Å². The quantitative estimate of drug-likeness (QED) is 0.134. The molecule has 0 N–H and O–H groups in total. The Morgan fingerprint density at radius 3 is 2.44 bits per heavy atom. The number of ether oxygens (including phenoxy) is 2. The van der Waals surface area contributed by atoms with Crippen LogP contribution in [-0.4, -0.2) is 30.1 Å². The number of unbranched alkanes of at least 4 members (excludes halogenated alkanes) is 4. The summed E-state index contributed by atoms with van der Waals surface area (Å²) < 4.78 is 10.4. The van der Waals surface area contributed by atoms with Crippen LogP contribution in [0, 0.1) is 0 Å². The van der Waals surface area contributed by atoms with Crippen LogP contribution in [0.3, 0.4) is 0 Å². The SMILES string of the molecule is CCCCCCCC(=O)c1ccc(OC(=O)OC2CC2)c(C(=O)c2ccccc2C=O)c1. The lowest BCUT2D eigenvalue weighted by Crippen LogP contribution is -2.15. The Labute approximate surface area is 187 Å². The van der Waals surface area contributed by atoms with Gasteiger partial charge in [-0.15, -0.1) is 0 Å². The maximum atomic E-state index is 13.3. The molecule has 2 aromatic carbocycles. The molecule has 3 rings (SSSR count). The summed E-state index contributed by atoms with van der Waals surface area (Å²) in [6.45, 7) is 2.14. The lowest BCUT2D eigenvalue weighted by atomic mass is 9.95. The Kier molecular flexibility index (Phi) is 8.31. The first kappa shape index (κ1) is 23.4. The van der Waals surface area contributed by atoms with Crippen molar-refractivity contribution >= 4 is 24.0 Å². The van der Waals surface area contributed by atoms with E-state index in [9.17, 15) is 19.2 Å². The van der Waals surface area contributed by atoms with Crippen molar-refractivity contribution in [1.29, 1.82) is 0 Å². The molecule has 0 unspecified atom stereocenters. The molecule has 1 fully saturated rings. The zero-order valence-electron chi connectivity index (χ0n) is 18.3. The van der Waals surface area contributed by atoms with Gasteiger partial charge in [-0.25, -0.2) is 4.79 Å². The van der Waals surface area contributed by atoms with Crippen molar-refractivity contribution in [2.24, 2.45) is 0 Å². The molecule has 0 spiro atoms. The molecule has 0 atom stereocenters. The number of carbonyl (C=O) groups excluding carboxylic acids is 4. The van der Waals surface area contributed by atoms with Crippen LogP contribution in [-0.2, 0) is 4.74 Å². The number of ketones is 2. The normalized spacial score (nSPS) is 12.8. The molecule has 0 aliphatic heterocycles. The van der Waals surface area contributed by atoms with E-state index >= 15 is 0 Å². The van der Waals surface area contributed by atoms with Crippen LogP contribution in [0.4, 0.5) is 4.79 Å². The van der Waals surface area contributed by atoms with E-state index in [0.29, 0.717) is 18.3 Å².